The van der Waals surface area contributed by atoms with Crippen LogP contribution >= 0.6 is 0 Å². The number of aliphatic hydroxyl groups excluding tert-OH is 1. The molecule has 0 aliphatic carbocycles. The van der Waals surface area contributed by atoms with Gasteiger partial charge in [-0.3, -0.25) is 4.90 Å². The third-order valence-corrected chi connectivity index (χ3v) is 7.19. The fraction of sp³-hybridized carbons (Fsp3) is 0.500. The lowest BCUT2D eigenvalue weighted by atomic mass is 9.56. The van der Waals surface area contributed by atoms with E-state index in [2.05, 4.69) is 47.1 Å². The average molecular weight is 322 g/mol. The van der Waals surface area contributed by atoms with E-state index >= 15 is 0 Å². The summed E-state index contributed by atoms with van der Waals surface area (Å²) in [5.41, 5.74) is 5.28. The van der Waals surface area contributed by atoms with Crippen molar-refractivity contribution in [2.75, 3.05) is 19.8 Å². The van der Waals surface area contributed by atoms with Gasteiger partial charge in [0.15, 0.2) is 0 Å². The van der Waals surface area contributed by atoms with Gasteiger partial charge in [-0.15, -0.1) is 0 Å². The highest BCUT2D eigenvalue weighted by atomic mass is 16.5. The van der Waals surface area contributed by atoms with E-state index in [4.69, 9.17) is 4.74 Å². The number of nitrogens with one attached hydrogen (secondary N) is 1. The molecule has 6 heterocycles. The van der Waals surface area contributed by atoms with Gasteiger partial charge in [0.05, 0.1) is 25.3 Å². The van der Waals surface area contributed by atoms with Crippen molar-refractivity contribution in [1.29, 1.82) is 0 Å². The number of aromatic nitrogens is 1. The number of aliphatic hydroxyl groups is 1. The van der Waals surface area contributed by atoms with Crippen LogP contribution in [0.25, 0.3) is 10.9 Å². The molecule has 4 fully saturated rings. The topological polar surface area (TPSA) is 48.5 Å². The molecule has 24 heavy (non-hydrogen) atoms. The fourth-order valence-corrected chi connectivity index (χ4v) is 6.19. The lowest BCUT2D eigenvalue weighted by molar-refractivity contribution is -0.102. The molecule has 0 spiro atoms. The third-order valence-electron chi connectivity index (χ3n) is 7.19. The zero-order valence-electron chi connectivity index (χ0n) is 13.8. The number of hydrogen-bond donors (Lipinski definition) is 2. The molecule has 0 amide bonds. The Morgan fingerprint density at radius 2 is 2.29 bits per heavy atom. The van der Waals surface area contributed by atoms with Crippen LogP contribution in [0.1, 0.15) is 36.7 Å². The smallest absolute Gasteiger partial charge is 0.101 e. The predicted molar refractivity (Wildman–Crippen MR) is 91.6 cm³/mol. The van der Waals surface area contributed by atoms with Crippen LogP contribution in [-0.2, 0) is 4.74 Å². The number of para-hydroxylation sites is 1. The average Bonchev–Trinajstić information content (AvgIpc) is 3.22. The molecular weight excluding hydrogens is 300 g/mol. The van der Waals surface area contributed by atoms with Gasteiger partial charge in [0.25, 0.3) is 0 Å². The minimum Gasteiger partial charge on any atom is -0.396 e. The first kappa shape index (κ1) is 13.6. The molecule has 124 valence electrons. The maximum absolute atomic E-state index is 10.4. The summed E-state index contributed by atoms with van der Waals surface area (Å²) < 4.78 is 6.40. The number of benzene rings is 1. The quantitative estimate of drug-likeness (QED) is 0.794. The van der Waals surface area contributed by atoms with Crippen molar-refractivity contribution >= 4 is 10.9 Å². The van der Waals surface area contributed by atoms with Crippen LogP contribution in [0, 0.1) is 11.3 Å². The number of fused-ring (bicyclic) bond motifs is 5. The SMILES string of the molecule is C/C=C1/CN2[C@H]3[C@@H]4OC[C@@]3(CO)[C@H]1C[C@H]2c1[nH]c2ccccc2c14. The summed E-state index contributed by atoms with van der Waals surface area (Å²) in [6.07, 6.45) is 3.44. The Kier molecular flexibility index (Phi) is 2.45. The Morgan fingerprint density at radius 3 is 3.12 bits per heavy atom. The van der Waals surface area contributed by atoms with Gasteiger partial charge >= 0.3 is 0 Å². The van der Waals surface area contributed by atoms with Crippen molar-refractivity contribution in [1.82, 2.24) is 9.88 Å². The normalized spacial score (nSPS) is 43.6. The van der Waals surface area contributed by atoms with Crippen LogP contribution in [0.15, 0.2) is 35.9 Å². The van der Waals surface area contributed by atoms with E-state index in [0.717, 1.165) is 13.0 Å². The fourth-order valence-electron chi connectivity index (χ4n) is 6.19. The minimum atomic E-state index is -0.128. The summed E-state index contributed by atoms with van der Waals surface area (Å²) >= 11 is 0. The van der Waals surface area contributed by atoms with E-state index in [0.29, 0.717) is 24.6 Å². The van der Waals surface area contributed by atoms with Crippen LogP contribution in [0.5, 0.6) is 0 Å². The number of hydrogen-bond acceptors (Lipinski definition) is 3. The van der Waals surface area contributed by atoms with Crippen molar-refractivity contribution in [3.8, 4) is 0 Å². The summed E-state index contributed by atoms with van der Waals surface area (Å²) in [5.74, 6) is 0.442. The second-order valence-corrected chi connectivity index (χ2v) is 7.91. The molecule has 6 atom stereocenters. The Hall–Kier alpha value is -1.62. The number of allylic oxidation sites excluding steroid dienone is 1. The molecule has 4 heteroatoms. The molecule has 4 nitrogen and oxygen atoms in total. The highest BCUT2D eigenvalue weighted by Gasteiger charge is 2.67. The molecule has 1 aromatic heterocycles. The van der Waals surface area contributed by atoms with Gasteiger partial charge in [-0.2, -0.15) is 0 Å². The van der Waals surface area contributed by atoms with E-state index < -0.39 is 0 Å². The van der Waals surface area contributed by atoms with Crippen LogP contribution in [0.3, 0.4) is 0 Å². The minimum absolute atomic E-state index is 0.0840. The van der Waals surface area contributed by atoms with Crippen molar-refractivity contribution in [3.63, 3.8) is 0 Å². The maximum Gasteiger partial charge on any atom is 0.101 e. The van der Waals surface area contributed by atoms with E-state index in [-0.39, 0.29) is 18.1 Å². The highest BCUT2D eigenvalue weighted by molar-refractivity contribution is 5.86. The molecule has 1 unspecified atom stereocenters. The van der Waals surface area contributed by atoms with Crippen LogP contribution in [0.2, 0.25) is 0 Å². The molecule has 7 rings (SSSR count). The Labute approximate surface area is 141 Å². The second-order valence-electron chi connectivity index (χ2n) is 7.91. The molecule has 5 aliphatic heterocycles. The maximum atomic E-state index is 10.4. The number of rotatable bonds is 1. The molecule has 4 saturated heterocycles. The Morgan fingerprint density at radius 1 is 1.42 bits per heavy atom. The summed E-state index contributed by atoms with van der Waals surface area (Å²) in [7, 11) is 0. The summed E-state index contributed by atoms with van der Waals surface area (Å²) in [6, 6.07) is 9.31. The number of piperidine rings is 3. The van der Waals surface area contributed by atoms with Gasteiger partial charge < -0.3 is 14.8 Å². The molecule has 2 N–H and O–H groups in total. The molecular formula is C20H22N2O2. The first-order chi connectivity index (χ1) is 11.8. The predicted octanol–water partition coefficient (Wildman–Crippen LogP) is 2.92. The molecule has 4 bridgehead atoms. The zero-order chi connectivity index (χ0) is 16.1. The van der Waals surface area contributed by atoms with Gasteiger partial charge in [0.2, 0.25) is 0 Å². The number of nitrogens with zero attached hydrogens (tertiary/aromatic N) is 1. The van der Waals surface area contributed by atoms with E-state index in [1.54, 1.807) is 0 Å². The molecule has 0 saturated carbocycles. The number of aromatic amines is 1. The van der Waals surface area contributed by atoms with Gasteiger partial charge in [-0.25, -0.2) is 0 Å². The first-order valence-electron chi connectivity index (χ1n) is 9.02. The Balaban J connectivity index is 1.64. The van der Waals surface area contributed by atoms with Crippen LogP contribution < -0.4 is 0 Å². The van der Waals surface area contributed by atoms with Crippen molar-refractivity contribution in [3.05, 3.63) is 47.2 Å². The second kappa shape index (κ2) is 4.31. The lowest BCUT2D eigenvalue weighted by Crippen LogP contribution is -2.66. The Bertz CT molecular complexity index is 885. The van der Waals surface area contributed by atoms with Crippen molar-refractivity contribution in [2.45, 2.75) is 31.5 Å². The largest absolute Gasteiger partial charge is 0.396 e. The van der Waals surface area contributed by atoms with Crippen LogP contribution in [0.4, 0.5) is 0 Å². The summed E-state index contributed by atoms with van der Waals surface area (Å²) in [5, 5.41) is 11.7. The van der Waals surface area contributed by atoms with Gasteiger partial charge in [-0.1, -0.05) is 29.8 Å². The van der Waals surface area contributed by atoms with Crippen molar-refractivity contribution < 1.29 is 9.84 Å². The van der Waals surface area contributed by atoms with Crippen LogP contribution in [-0.4, -0.2) is 40.8 Å². The summed E-state index contributed by atoms with van der Waals surface area (Å²) in [4.78, 5) is 6.31. The summed E-state index contributed by atoms with van der Waals surface area (Å²) in [6.45, 7) is 4.05. The van der Waals surface area contributed by atoms with E-state index in [9.17, 15) is 5.11 Å². The van der Waals surface area contributed by atoms with Gasteiger partial charge in [0, 0.05) is 34.1 Å². The molecule has 0 radical (unpaired) electrons. The van der Waals surface area contributed by atoms with Gasteiger partial charge in [-0.05, 0) is 25.3 Å². The lowest BCUT2D eigenvalue weighted by Gasteiger charge is -2.61. The highest BCUT2D eigenvalue weighted by Crippen LogP contribution is 2.65. The standard InChI is InChI=1S/C20H22N2O2/c1-2-11-8-22-15-7-13(11)20(9-23)10-24-18(19(20)22)16-12-5-3-4-6-14(12)21-17(15)16/h2-6,13,15,18-19,21,23H,7-10H2,1H3/b11-2-/t13-,15-,18+,19-,20-/m0/s1. The van der Waals surface area contributed by atoms with E-state index in [1.165, 1.54) is 27.7 Å². The monoisotopic (exact) mass is 322 g/mol. The molecule has 2 aromatic rings. The van der Waals surface area contributed by atoms with E-state index in [1.807, 2.05) is 0 Å². The molecule has 1 aromatic carbocycles. The molecule has 5 aliphatic rings. The first-order valence-corrected chi connectivity index (χ1v) is 9.02. The third kappa shape index (κ3) is 1.31. The zero-order valence-corrected chi connectivity index (χ0v) is 13.8. The van der Waals surface area contributed by atoms with Gasteiger partial charge in [0.1, 0.15) is 6.10 Å². The number of H-pyrrole nitrogens is 1. The van der Waals surface area contributed by atoms with Crippen molar-refractivity contribution in [2.24, 2.45) is 11.3 Å². The number of ether oxygens (including phenoxy) is 1.